The van der Waals surface area contributed by atoms with Gasteiger partial charge in [-0.15, -0.1) is 12.4 Å². The summed E-state index contributed by atoms with van der Waals surface area (Å²) in [6.45, 7) is 5.16. The highest BCUT2D eigenvalue weighted by atomic mass is 35.5. The third kappa shape index (κ3) is 4.08. The SMILES string of the molecule is Cc1noc(C)c1S(=O)(=O)NC1(C(=O)N[C@@H](C)CN)CCCC1.Cl. The first-order chi connectivity index (χ1) is 10.7. The molecule has 1 aromatic rings. The van der Waals surface area contributed by atoms with Crippen LogP contribution in [0, 0.1) is 13.8 Å². The van der Waals surface area contributed by atoms with Crippen molar-refractivity contribution in [3.63, 3.8) is 0 Å². The quantitative estimate of drug-likeness (QED) is 0.668. The predicted molar refractivity (Wildman–Crippen MR) is 91.4 cm³/mol. The van der Waals surface area contributed by atoms with Crippen LogP contribution in [0.4, 0.5) is 0 Å². The number of hydrogen-bond donors (Lipinski definition) is 3. The van der Waals surface area contributed by atoms with E-state index in [4.69, 9.17) is 10.3 Å². The summed E-state index contributed by atoms with van der Waals surface area (Å²) in [4.78, 5) is 12.6. The molecule has 138 valence electrons. The average Bonchev–Trinajstić information content (AvgIpc) is 3.06. The van der Waals surface area contributed by atoms with Crippen LogP contribution in [0.5, 0.6) is 0 Å². The van der Waals surface area contributed by atoms with Gasteiger partial charge in [-0.3, -0.25) is 4.79 Å². The zero-order valence-corrected chi connectivity index (χ0v) is 15.7. The molecule has 0 unspecified atom stereocenters. The van der Waals surface area contributed by atoms with E-state index in [0.29, 0.717) is 19.4 Å². The molecule has 1 amide bonds. The number of nitrogens with one attached hydrogen (secondary N) is 2. The van der Waals surface area contributed by atoms with Crippen molar-refractivity contribution in [3.05, 3.63) is 11.5 Å². The number of hydrogen-bond acceptors (Lipinski definition) is 6. The largest absolute Gasteiger partial charge is 0.360 e. The van der Waals surface area contributed by atoms with Crippen LogP contribution >= 0.6 is 12.4 Å². The van der Waals surface area contributed by atoms with Crippen molar-refractivity contribution in [1.29, 1.82) is 0 Å². The van der Waals surface area contributed by atoms with Gasteiger partial charge in [-0.25, -0.2) is 8.42 Å². The summed E-state index contributed by atoms with van der Waals surface area (Å²) in [5.74, 6) is -0.123. The number of aryl methyl sites for hydroxylation is 2. The van der Waals surface area contributed by atoms with Crippen molar-refractivity contribution in [2.24, 2.45) is 5.73 Å². The molecule has 0 saturated heterocycles. The van der Waals surface area contributed by atoms with Crippen molar-refractivity contribution in [1.82, 2.24) is 15.2 Å². The lowest BCUT2D eigenvalue weighted by Crippen LogP contribution is -2.59. The Morgan fingerprint density at radius 1 is 1.38 bits per heavy atom. The zero-order chi connectivity index (χ0) is 17.3. The number of sulfonamides is 1. The highest BCUT2D eigenvalue weighted by molar-refractivity contribution is 7.89. The fraction of sp³-hybridized carbons (Fsp3) is 0.714. The van der Waals surface area contributed by atoms with Crippen molar-refractivity contribution >= 4 is 28.3 Å². The number of aromatic nitrogens is 1. The molecule has 1 heterocycles. The molecule has 0 aromatic carbocycles. The topological polar surface area (TPSA) is 127 Å². The van der Waals surface area contributed by atoms with Crippen LogP contribution in [0.3, 0.4) is 0 Å². The van der Waals surface area contributed by atoms with E-state index in [-0.39, 0.29) is 40.7 Å². The van der Waals surface area contributed by atoms with Gasteiger partial charge >= 0.3 is 0 Å². The molecule has 10 heteroatoms. The minimum Gasteiger partial charge on any atom is -0.360 e. The van der Waals surface area contributed by atoms with Crippen LogP contribution in [0.15, 0.2) is 9.42 Å². The second-order valence-corrected chi connectivity index (χ2v) is 7.78. The summed E-state index contributed by atoms with van der Waals surface area (Å²) in [5, 5.41) is 6.45. The minimum atomic E-state index is -3.91. The van der Waals surface area contributed by atoms with Gasteiger partial charge in [0.1, 0.15) is 16.1 Å². The Kier molecular flexibility index (Phi) is 6.80. The summed E-state index contributed by atoms with van der Waals surface area (Å²) in [7, 11) is -3.91. The fourth-order valence-corrected chi connectivity index (χ4v) is 4.70. The minimum absolute atomic E-state index is 0. The van der Waals surface area contributed by atoms with Gasteiger partial charge in [-0.05, 0) is 33.6 Å². The molecule has 4 N–H and O–H groups in total. The predicted octanol–water partition coefficient (Wildman–Crippen LogP) is 0.768. The molecule has 0 spiro atoms. The standard InChI is InChI=1S/C14H24N4O4S.ClH/c1-9(8-15)16-13(19)14(6-4-5-7-14)18-23(20,21)12-10(2)17-22-11(12)3;/h9,18H,4-8,15H2,1-3H3,(H,16,19);1H/t9-;/m0./s1. The van der Waals surface area contributed by atoms with Gasteiger partial charge in [-0.1, -0.05) is 18.0 Å². The molecule has 8 nitrogen and oxygen atoms in total. The first-order valence-corrected chi connectivity index (χ1v) is 9.18. The average molecular weight is 381 g/mol. The normalized spacial score (nSPS) is 18.0. The molecule has 1 fully saturated rings. The molecule has 1 aliphatic carbocycles. The molecular weight excluding hydrogens is 356 g/mol. The van der Waals surface area contributed by atoms with Crippen molar-refractivity contribution in [3.8, 4) is 0 Å². The van der Waals surface area contributed by atoms with E-state index in [1.54, 1.807) is 13.8 Å². The van der Waals surface area contributed by atoms with Crippen molar-refractivity contribution < 1.29 is 17.7 Å². The Morgan fingerprint density at radius 2 is 1.96 bits per heavy atom. The van der Waals surface area contributed by atoms with Crippen LogP contribution in [0.1, 0.15) is 44.1 Å². The van der Waals surface area contributed by atoms with E-state index in [9.17, 15) is 13.2 Å². The monoisotopic (exact) mass is 380 g/mol. The summed E-state index contributed by atoms with van der Waals surface area (Å²) in [6, 6.07) is -0.219. The molecule has 1 saturated carbocycles. The number of amides is 1. The second-order valence-electron chi connectivity index (χ2n) is 6.16. The summed E-state index contributed by atoms with van der Waals surface area (Å²) in [5.41, 5.74) is 4.67. The van der Waals surface area contributed by atoms with E-state index in [1.165, 1.54) is 6.92 Å². The summed E-state index contributed by atoms with van der Waals surface area (Å²) in [6.07, 6.45) is 2.49. The van der Waals surface area contributed by atoms with Gasteiger partial charge in [0.2, 0.25) is 15.9 Å². The Labute approximate surface area is 148 Å². The number of rotatable bonds is 6. The molecule has 0 bridgehead atoms. The number of nitrogens with two attached hydrogens (primary N) is 1. The van der Waals surface area contributed by atoms with E-state index < -0.39 is 15.6 Å². The molecule has 24 heavy (non-hydrogen) atoms. The van der Waals surface area contributed by atoms with Crippen LogP contribution in [0.25, 0.3) is 0 Å². The Bertz CT molecular complexity index is 663. The first-order valence-electron chi connectivity index (χ1n) is 7.70. The van der Waals surface area contributed by atoms with Gasteiger partial charge in [0.05, 0.1) is 0 Å². The van der Waals surface area contributed by atoms with E-state index in [1.807, 2.05) is 0 Å². The third-order valence-electron chi connectivity index (χ3n) is 4.19. The third-order valence-corrected chi connectivity index (χ3v) is 5.97. The molecule has 1 atom stereocenters. The highest BCUT2D eigenvalue weighted by Gasteiger charge is 2.45. The number of nitrogens with zero attached hydrogens (tertiary/aromatic N) is 1. The van der Waals surface area contributed by atoms with E-state index >= 15 is 0 Å². The number of carbonyl (C=O) groups excluding carboxylic acids is 1. The van der Waals surface area contributed by atoms with Crippen molar-refractivity contribution in [2.75, 3.05) is 6.54 Å². The smallest absolute Gasteiger partial charge is 0.246 e. The molecule has 1 aromatic heterocycles. The number of halogens is 1. The lowest BCUT2D eigenvalue weighted by molar-refractivity contribution is -0.127. The second kappa shape index (κ2) is 7.81. The van der Waals surface area contributed by atoms with Crippen molar-refractivity contribution in [2.45, 2.75) is 62.9 Å². The van der Waals surface area contributed by atoms with Crippen LogP contribution in [-0.2, 0) is 14.8 Å². The highest BCUT2D eigenvalue weighted by Crippen LogP contribution is 2.32. The van der Waals surface area contributed by atoms with Crippen LogP contribution < -0.4 is 15.8 Å². The fourth-order valence-electron chi connectivity index (χ4n) is 2.94. The zero-order valence-electron chi connectivity index (χ0n) is 14.1. The van der Waals surface area contributed by atoms with Crippen LogP contribution in [0.2, 0.25) is 0 Å². The molecule has 0 radical (unpaired) electrons. The van der Waals surface area contributed by atoms with Gasteiger partial charge in [-0.2, -0.15) is 4.72 Å². The molecule has 1 aliphatic rings. The van der Waals surface area contributed by atoms with Crippen LogP contribution in [-0.4, -0.2) is 37.6 Å². The van der Waals surface area contributed by atoms with Gasteiger partial charge < -0.3 is 15.6 Å². The number of carbonyl (C=O) groups is 1. The Morgan fingerprint density at radius 3 is 2.42 bits per heavy atom. The van der Waals surface area contributed by atoms with Gasteiger partial charge in [0.15, 0.2) is 5.76 Å². The molecule has 2 rings (SSSR count). The lowest BCUT2D eigenvalue weighted by atomic mass is 9.97. The molecule has 0 aliphatic heterocycles. The Hall–Kier alpha value is -1.16. The molecular formula is C14H25ClN4O4S. The maximum Gasteiger partial charge on any atom is 0.246 e. The Balaban J connectivity index is 0.00000288. The summed E-state index contributed by atoms with van der Waals surface area (Å²) >= 11 is 0. The van der Waals surface area contributed by atoms with Gasteiger partial charge in [0.25, 0.3) is 0 Å². The van der Waals surface area contributed by atoms with E-state index in [2.05, 4.69) is 15.2 Å². The van der Waals surface area contributed by atoms with E-state index in [0.717, 1.165) is 12.8 Å². The summed E-state index contributed by atoms with van der Waals surface area (Å²) < 4.78 is 33.0. The lowest BCUT2D eigenvalue weighted by Gasteiger charge is -2.30. The maximum atomic E-state index is 12.7. The maximum absolute atomic E-state index is 12.7. The first kappa shape index (κ1) is 20.9. The van der Waals surface area contributed by atoms with Gasteiger partial charge in [0, 0.05) is 12.6 Å².